The van der Waals surface area contributed by atoms with Crippen molar-refractivity contribution in [1.29, 1.82) is 0 Å². The third kappa shape index (κ3) is 3.25. The number of benzene rings is 1. The number of ether oxygens (including phenoxy) is 1. The molecular formula is C16H18BrNOS. The molecule has 0 aliphatic heterocycles. The van der Waals surface area contributed by atoms with Crippen LogP contribution in [0.3, 0.4) is 0 Å². The second kappa shape index (κ2) is 6.29. The van der Waals surface area contributed by atoms with Gasteiger partial charge < -0.3 is 10.1 Å². The van der Waals surface area contributed by atoms with Gasteiger partial charge >= 0.3 is 0 Å². The standard InChI is InChI=1S/C16H18BrNOS/c1-19-14-5-3-11-2-4-13(8-12(11)9-14)18-10-15-6-7-16(17)20-15/h3,5-7,9,13,18H,2,4,8,10H2,1H3. The molecule has 1 aliphatic rings. The molecule has 0 saturated carbocycles. The van der Waals surface area contributed by atoms with Crippen molar-refractivity contribution in [1.82, 2.24) is 5.32 Å². The van der Waals surface area contributed by atoms with E-state index in [0.717, 1.165) is 25.1 Å². The first kappa shape index (κ1) is 14.1. The van der Waals surface area contributed by atoms with Gasteiger partial charge in [0.05, 0.1) is 10.9 Å². The Kier molecular flexibility index (Phi) is 4.44. The van der Waals surface area contributed by atoms with Crippen molar-refractivity contribution in [2.75, 3.05) is 7.11 Å². The third-order valence-corrected chi connectivity index (χ3v) is 5.46. The van der Waals surface area contributed by atoms with Crippen LogP contribution in [0.4, 0.5) is 0 Å². The molecule has 106 valence electrons. The molecule has 1 aromatic heterocycles. The van der Waals surface area contributed by atoms with Gasteiger partial charge in [0.2, 0.25) is 0 Å². The van der Waals surface area contributed by atoms with Crippen molar-refractivity contribution in [2.24, 2.45) is 0 Å². The van der Waals surface area contributed by atoms with Gasteiger partial charge in [-0.15, -0.1) is 11.3 Å². The van der Waals surface area contributed by atoms with Crippen LogP contribution in [0.15, 0.2) is 34.1 Å². The Morgan fingerprint density at radius 1 is 1.30 bits per heavy atom. The number of halogens is 1. The molecule has 3 rings (SSSR count). The van der Waals surface area contributed by atoms with E-state index in [4.69, 9.17) is 4.74 Å². The fourth-order valence-corrected chi connectivity index (χ4v) is 4.16. The molecule has 1 aromatic carbocycles. The summed E-state index contributed by atoms with van der Waals surface area (Å²) in [7, 11) is 1.73. The number of rotatable bonds is 4. The van der Waals surface area contributed by atoms with Gasteiger partial charge in [-0.05, 0) is 70.6 Å². The quantitative estimate of drug-likeness (QED) is 0.892. The molecule has 1 atom stereocenters. The van der Waals surface area contributed by atoms with Crippen LogP contribution in [0, 0.1) is 0 Å². The molecule has 0 amide bonds. The summed E-state index contributed by atoms with van der Waals surface area (Å²) in [6.07, 6.45) is 3.47. The maximum absolute atomic E-state index is 5.32. The second-order valence-corrected chi connectivity index (χ2v) is 7.71. The van der Waals surface area contributed by atoms with Crippen LogP contribution in [0.1, 0.15) is 22.4 Å². The Morgan fingerprint density at radius 3 is 2.95 bits per heavy atom. The second-order valence-electron chi connectivity index (χ2n) is 5.16. The van der Waals surface area contributed by atoms with Crippen molar-refractivity contribution in [3.05, 3.63) is 50.1 Å². The lowest BCUT2D eigenvalue weighted by atomic mass is 9.88. The number of methoxy groups -OCH3 is 1. The zero-order valence-corrected chi connectivity index (χ0v) is 13.9. The molecule has 0 radical (unpaired) electrons. The summed E-state index contributed by atoms with van der Waals surface area (Å²) in [5, 5.41) is 3.68. The number of fused-ring (bicyclic) bond motifs is 1. The number of nitrogens with one attached hydrogen (secondary N) is 1. The lowest BCUT2D eigenvalue weighted by molar-refractivity contribution is 0.411. The molecule has 1 N–H and O–H groups in total. The van der Waals surface area contributed by atoms with Crippen molar-refractivity contribution < 1.29 is 4.74 Å². The minimum Gasteiger partial charge on any atom is -0.497 e. The van der Waals surface area contributed by atoms with Crippen LogP contribution < -0.4 is 10.1 Å². The smallest absolute Gasteiger partial charge is 0.119 e. The predicted octanol–water partition coefficient (Wildman–Crippen LogP) is 4.17. The van der Waals surface area contributed by atoms with Crippen LogP contribution >= 0.6 is 27.3 Å². The lowest BCUT2D eigenvalue weighted by Gasteiger charge is -2.25. The van der Waals surface area contributed by atoms with Crippen LogP contribution in [0.25, 0.3) is 0 Å². The van der Waals surface area contributed by atoms with Gasteiger partial charge in [0.25, 0.3) is 0 Å². The van der Waals surface area contributed by atoms with Crippen molar-refractivity contribution >= 4 is 27.3 Å². The van der Waals surface area contributed by atoms with Crippen LogP contribution in [0.2, 0.25) is 0 Å². The van der Waals surface area contributed by atoms with Gasteiger partial charge in [-0.25, -0.2) is 0 Å². The van der Waals surface area contributed by atoms with Crippen LogP contribution in [-0.4, -0.2) is 13.2 Å². The molecule has 2 aromatic rings. The summed E-state index contributed by atoms with van der Waals surface area (Å²) < 4.78 is 6.53. The summed E-state index contributed by atoms with van der Waals surface area (Å²) in [5.41, 5.74) is 2.91. The van der Waals surface area contributed by atoms with Crippen molar-refractivity contribution in [3.8, 4) is 5.75 Å². The van der Waals surface area contributed by atoms with Crippen molar-refractivity contribution in [2.45, 2.75) is 31.8 Å². The third-order valence-electron chi connectivity index (χ3n) is 3.84. The largest absolute Gasteiger partial charge is 0.497 e. The molecule has 1 aliphatic carbocycles. The van der Waals surface area contributed by atoms with Gasteiger partial charge in [-0.1, -0.05) is 6.07 Å². The fourth-order valence-electron chi connectivity index (χ4n) is 2.73. The minimum atomic E-state index is 0.565. The topological polar surface area (TPSA) is 21.3 Å². The first-order valence-corrected chi connectivity index (χ1v) is 8.49. The van der Waals surface area contributed by atoms with Gasteiger partial charge in [0.15, 0.2) is 0 Å². The van der Waals surface area contributed by atoms with Crippen molar-refractivity contribution in [3.63, 3.8) is 0 Å². The van der Waals surface area contributed by atoms with E-state index in [1.165, 1.54) is 26.2 Å². The molecular weight excluding hydrogens is 334 g/mol. The first-order valence-electron chi connectivity index (χ1n) is 6.88. The molecule has 0 spiro atoms. The summed E-state index contributed by atoms with van der Waals surface area (Å²) in [6, 6.07) is 11.3. The Balaban J connectivity index is 1.62. The number of thiophene rings is 1. The normalized spacial score (nSPS) is 17.8. The fraction of sp³-hybridized carbons (Fsp3) is 0.375. The van der Waals surface area contributed by atoms with E-state index in [2.05, 4.69) is 51.6 Å². The molecule has 4 heteroatoms. The highest BCUT2D eigenvalue weighted by molar-refractivity contribution is 9.11. The Bertz CT molecular complexity index is 596. The van der Waals surface area contributed by atoms with Crippen LogP contribution in [0.5, 0.6) is 5.75 Å². The number of aryl methyl sites for hydroxylation is 1. The number of hydrogen-bond acceptors (Lipinski definition) is 3. The van der Waals surface area contributed by atoms with Crippen LogP contribution in [-0.2, 0) is 19.4 Å². The maximum Gasteiger partial charge on any atom is 0.119 e. The summed E-state index contributed by atoms with van der Waals surface area (Å²) in [6.45, 7) is 0.959. The molecule has 0 fully saturated rings. The van der Waals surface area contributed by atoms with E-state index in [0.29, 0.717) is 6.04 Å². The summed E-state index contributed by atoms with van der Waals surface area (Å²) in [4.78, 5) is 1.38. The van der Waals surface area contributed by atoms with Gasteiger partial charge in [0.1, 0.15) is 5.75 Å². The zero-order chi connectivity index (χ0) is 13.9. The summed E-state index contributed by atoms with van der Waals surface area (Å²) in [5.74, 6) is 0.964. The van der Waals surface area contributed by atoms with E-state index < -0.39 is 0 Å². The molecule has 20 heavy (non-hydrogen) atoms. The highest BCUT2D eigenvalue weighted by atomic mass is 79.9. The monoisotopic (exact) mass is 351 g/mol. The Labute approximate surface area is 132 Å². The van der Waals surface area contributed by atoms with E-state index in [1.54, 1.807) is 18.4 Å². The highest BCUT2D eigenvalue weighted by Crippen LogP contribution is 2.26. The SMILES string of the molecule is COc1ccc2c(c1)CC(NCc1ccc(Br)s1)CC2. The lowest BCUT2D eigenvalue weighted by Crippen LogP contribution is -2.33. The summed E-state index contributed by atoms with van der Waals surface area (Å²) >= 11 is 5.31. The zero-order valence-electron chi connectivity index (χ0n) is 11.5. The van der Waals surface area contributed by atoms with E-state index in [9.17, 15) is 0 Å². The molecule has 0 bridgehead atoms. The first-order chi connectivity index (χ1) is 9.74. The Morgan fingerprint density at radius 2 is 2.20 bits per heavy atom. The number of hydrogen-bond donors (Lipinski definition) is 1. The maximum atomic E-state index is 5.32. The molecule has 1 unspecified atom stereocenters. The molecule has 2 nitrogen and oxygen atoms in total. The van der Waals surface area contributed by atoms with E-state index in [1.807, 2.05) is 0 Å². The minimum absolute atomic E-state index is 0.565. The van der Waals surface area contributed by atoms with Gasteiger partial charge in [0, 0.05) is 17.5 Å². The Hall–Kier alpha value is -0.840. The van der Waals surface area contributed by atoms with E-state index >= 15 is 0 Å². The highest BCUT2D eigenvalue weighted by Gasteiger charge is 2.18. The average molecular weight is 352 g/mol. The van der Waals surface area contributed by atoms with Gasteiger partial charge in [-0.3, -0.25) is 0 Å². The molecule has 0 saturated heterocycles. The predicted molar refractivity (Wildman–Crippen MR) is 87.7 cm³/mol. The van der Waals surface area contributed by atoms with E-state index in [-0.39, 0.29) is 0 Å². The average Bonchev–Trinajstić information content (AvgIpc) is 2.90. The van der Waals surface area contributed by atoms with Gasteiger partial charge in [-0.2, -0.15) is 0 Å². The molecule has 1 heterocycles.